The van der Waals surface area contributed by atoms with Gasteiger partial charge < -0.3 is 15.4 Å². The molecule has 2 N–H and O–H groups in total. The van der Waals surface area contributed by atoms with Crippen LogP contribution in [0.3, 0.4) is 0 Å². The van der Waals surface area contributed by atoms with Crippen molar-refractivity contribution >= 4 is 40.9 Å². The molecule has 0 saturated heterocycles. The Morgan fingerprint density at radius 1 is 1.26 bits per heavy atom. The SMILES string of the molecule is CCSc1nc2n(n1)[C@H](c1ccc(Cl)cc1)C(C(=O)Nc1ccccc1OC)=C(C)N2. The normalized spacial score (nSPS) is 15.3. The lowest BCUT2D eigenvalue weighted by Crippen LogP contribution is -2.31. The Labute approximate surface area is 189 Å². The Morgan fingerprint density at radius 2 is 2.00 bits per heavy atom. The van der Waals surface area contributed by atoms with E-state index in [1.54, 1.807) is 35.7 Å². The lowest BCUT2D eigenvalue weighted by molar-refractivity contribution is -0.113. The number of nitrogens with one attached hydrogen (secondary N) is 2. The molecule has 1 atom stereocenters. The maximum atomic E-state index is 13.5. The summed E-state index contributed by atoms with van der Waals surface area (Å²) in [5, 5.41) is 12.2. The third-order valence-electron chi connectivity index (χ3n) is 4.89. The highest BCUT2D eigenvalue weighted by Crippen LogP contribution is 2.37. The van der Waals surface area contributed by atoms with Gasteiger partial charge in [-0.25, -0.2) is 4.68 Å². The summed E-state index contributed by atoms with van der Waals surface area (Å²) >= 11 is 7.66. The number of ether oxygens (including phenoxy) is 1. The quantitative estimate of drug-likeness (QED) is 0.510. The molecule has 1 aromatic heterocycles. The molecule has 1 aliphatic heterocycles. The lowest BCUT2D eigenvalue weighted by Gasteiger charge is -2.28. The number of fused-ring (bicyclic) bond motifs is 1. The lowest BCUT2D eigenvalue weighted by atomic mass is 9.95. The number of aromatic nitrogens is 3. The molecule has 4 rings (SSSR count). The van der Waals surface area contributed by atoms with E-state index in [-0.39, 0.29) is 5.91 Å². The molecule has 160 valence electrons. The van der Waals surface area contributed by atoms with E-state index in [0.717, 1.165) is 11.3 Å². The van der Waals surface area contributed by atoms with E-state index in [9.17, 15) is 4.79 Å². The van der Waals surface area contributed by atoms with E-state index < -0.39 is 6.04 Å². The predicted octanol–water partition coefficient (Wildman–Crippen LogP) is 4.98. The van der Waals surface area contributed by atoms with Crippen molar-refractivity contribution in [1.29, 1.82) is 0 Å². The van der Waals surface area contributed by atoms with Gasteiger partial charge in [0, 0.05) is 10.7 Å². The molecular weight excluding hydrogens is 434 g/mol. The average molecular weight is 456 g/mol. The minimum atomic E-state index is -0.457. The van der Waals surface area contributed by atoms with Crippen molar-refractivity contribution in [3.8, 4) is 5.75 Å². The molecule has 0 aliphatic carbocycles. The van der Waals surface area contributed by atoms with Crippen molar-refractivity contribution in [1.82, 2.24) is 14.8 Å². The fourth-order valence-corrected chi connectivity index (χ4v) is 4.19. The molecule has 0 radical (unpaired) electrons. The second-order valence-electron chi connectivity index (χ2n) is 6.87. The van der Waals surface area contributed by atoms with Crippen LogP contribution in [0.5, 0.6) is 5.75 Å². The fraction of sp³-hybridized carbons (Fsp3) is 0.227. The Morgan fingerprint density at radius 3 is 2.71 bits per heavy atom. The van der Waals surface area contributed by atoms with Crippen LogP contribution in [0.4, 0.5) is 11.6 Å². The second-order valence-corrected chi connectivity index (χ2v) is 8.54. The predicted molar refractivity (Wildman–Crippen MR) is 124 cm³/mol. The number of para-hydroxylation sites is 2. The van der Waals surface area contributed by atoms with Crippen LogP contribution in [0.25, 0.3) is 0 Å². The first kappa shape index (κ1) is 21.3. The highest BCUT2D eigenvalue weighted by Gasteiger charge is 2.34. The van der Waals surface area contributed by atoms with Crippen molar-refractivity contribution in [3.63, 3.8) is 0 Å². The number of hydrogen-bond donors (Lipinski definition) is 2. The van der Waals surface area contributed by atoms with E-state index in [0.29, 0.717) is 38.8 Å². The van der Waals surface area contributed by atoms with E-state index in [4.69, 9.17) is 16.3 Å². The topological polar surface area (TPSA) is 81.1 Å². The number of allylic oxidation sites excluding steroid dienone is 1. The molecule has 0 spiro atoms. The first-order valence-electron chi connectivity index (χ1n) is 9.78. The van der Waals surface area contributed by atoms with Crippen molar-refractivity contribution < 1.29 is 9.53 Å². The van der Waals surface area contributed by atoms with Gasteiger partial charge in [0.25, 0.3) is 5.91 Å². The molecule has 2 aromatic carbocycles. The van der Waals surface area contributed by atoms with Crippen molar-refractivity contribution in [2.45, 2.75) is 25.0 Å². The summed E-state index contributed by atoms with van der Waals surface area (Å²) in [5.41, 5.74) is 2.73. The van der Waals surface area contributed by atoms with Gasteiger partial charge >= 0.3 is 0 Å². The van der Waals surface area contributed by atoms with Crippen LogP contribution in [0, 0.1) is 0 Å². The summed E-state index contributed by atoms with van der Waals surface area (Å²) in [6.45, 7) is 3.91. The summed E-state index contributed by atoms with van der Waals surface area (Å²) in [6.07, 6.45) is 0. The number of thioether (sulfide) groups is 1. The smallest absolute Gasteiger partial charge is 0.255 e. The average Bonchev–Trinajstić information content (AvgIpc) is 3.16. The number of carbonyl (C=O) groups is 1. The number of rotatable bonds is 6. The molecule has 2 heterocycles. The van der Waals surface area contributed by atoms with E-state index >= 15 is 0 Å². The number of benzene rings is 2. The van der Waals surface area contributed by atoms with Gasteiger partial charge in [-0.15, -0.1) is 5.10 Å². The minimum absolute atomic E-state index is 0.250. The summed E-state index contributed by atoms with van der Waals surface area (Å²) in [6, 6.07) is 14.3. The highest BCUT2D eigenvalue weighted by molar-refractivity contribution is 7.99. The number of halogens is 1. The van der Waals surface area contributed by atoms with Gasteiger partial charge in [-0.1, -0.05) is 54.6 Å². The number of methoxy groups -OCH3 is 1. The molecule has 0 saturated carbocycles. The molecule has 7 nitrogen and oxygen atoms in total. The van der Waals surface area contributed by atoms with Crippen molar-refractivity contribution in [2.75, 3.05) is 23.5 Å². The molecule has 0 bridgehead atoms. The zero-order valence-corrected chi connectivity index (χ0v) is 18.9. The number of hydrogen-bond acceptors (Lipinski definition) is 6. The largest absolute Gasteiger partial charge is 0.495 e. The summed E-state index contributed by atoms with van der Waals surface area (Å²) < 4.78 is 7.14. The van der Waals surface area contributed by atoms with Crippen LogP contribution in [0.15, 0.2) is 65.0 Å². The van der Waals surface area contributed by atoms with Gasteiger partial charge in [-0.3, -0.25) is 4.79 Å². The van der Waals surface area contributed by atoms with Gasteiger partial charge in [-0.2, -0.15) is 4.98 Å². The molecule has 0 fully saturated rings. The number of nitrogens with zero attached hydrogens (tertiary/aromatic N) is 3. The van der Waals surface area contributed by atoms with Crippen LogP contribution in [0.2, 0.25) is 5.02 Å². The standard InChI is InChI=1S/C22H22ClN5O2S/c1-4-31-22-26-21-24-13(2)18(20(29)25-16-7-5-6-8-17(16)30-3)19(28(21)27-22)14-9-11-15(23)12-10-14/h5-12,19H,4H2,1-3H3,(H,25,29)(H,24,26,27)/t19-/m1/s1. The van der Waals surface area contributed by atoms with Crippen molar-refractivity contribution in [2.24, 2.45) is 0 Å². The van der Waals surface area contributed by atoms with Crippen LogP contribution in [-0.2, 0) is 4.79 Å². The van der Waals surface area contributed by atoms with Crippen LogP contribution < -0.4 is 15.4 Å². The monoisotopic (exact) mass is 455 g/mol. The van der Waals surface area contributed by atoms with Gasteiger partial charge in [0.15, 0.2) is 0 Å². The third-order valence-corrected chi connectivity index (χ3v) is 5.86. The van der Waals surface area contributed by atoms with Crippen LogP contribution in [0.1, 0.15) is 25.5 Å². The van der Waals surface area contributed by atoms with Gasteiger partial charge in [0.2, 0.25) is 11.1 Å². The summed E-state index contributed by atoms with van der Waals surface area (Å²) in [5.74, 6) is 1.79. The zero-order chi connectivity index (χ0) is 22.0. The minimum Gasteiger partial charge on any atom is -0.495 e. The summed E-state index contributed by atoms with van der Waals surface area (Å²) in [7, 11) is 1.57. The maximum Gasteiger partial charge on any atom is 0.255 e. The molecule has 1 amide bonds. The number of amides is 1. The van der Waals surface area contributed by atoms with E-state index in [2.05, 4.69) is 20.7 Å². The van der Waals surface area contributed by atoms with E-state index in [1.807, 2.05) is 50.2 Å². The van der Waals surface area contributed by atoms with Crippen molar-refractivity contribution in [3.05, 3.63) is 70.4 Å². The Balaban J connectivity index is 1.78. The number of anilines is 2. The van der Waals surface area contributed by atoms with Crippen LogP contribution >= 0.6 is 23.4 Å². The highest BCUT2D eigenvalue weighted by atomic mass is 35.5. The zero-order valence-electron chi connectivity index (χ0n) is 17.3. The van der Waals surface area contributed by atoms with Crippen LogP contribution in [-0.4, -0.2) is 33.5 Å². The molecule has 31 heavy (non-hydrogen) atoms. The first-order chi connectivity index (χ1) is 15.0. The Hall–Kier alpha value is -2.97. The fourth-order valence-electron chi connectivity index (χ4n) is 3.51. The molecule has 3 aromatic rings. The van der Waals surface area contributed by atoms with Gasteiger partial charge in [0.1, 0.15) is 11.8 Å². The summed E-state index contributed by atoms with van der Waals surface area (Å²) in [4.78, 5) is 18.1. The third kappa shape index (κ3) is 4.26. The first-order valence-corrected chi connectivity index (χ1v) is 11.1. The Kier molecular flexibility index (Phi) is 6.20. The van der Waals surface area contributed by atoms with Gasteiger partial charge in [0.05, 0.1) is 18.4 Å². The Bertz CT molecular complexity index is 1140. The van der Waals surface area contributed by atoms with Gasteiger partial charge in [-0.05, 0) is 42.5 Å². The molecular formula is C22H22ClN5O2S. The molecule has 9 heteroatoms. The number of carbonyl (C=O) groups excluding carboxylic acids is 1. The maximum absolute atomic E-state index is 13.5. The van der Waals surface area contributed by atoms with E-state index in [1.165, 1.54) is 0 Å². The molecule has 1 aliphatic rings. The molecule has 0 unspecified atom stereocenters. The second kappa shape index (κ2) is 9.03.